The highest BCUT2D eigenvalue weighted by molar-refractivity contribution is 9.10. The topological polar surface area (TPSA) is 71.5 Å². The third-order valence-electron chi connectivity index (χ3n) is 3.86. The Morgan fingerprint density at radius 1 is 1.42 bits per heavy atom. The monoisotopic (exact) mass is 390 g/mol. The summed E-state index contributed by atoms with van der Waals surface area (Å²) in [4.78, 5) is 16.2. The van der Waals surface area contributed by atoms with Crippen molar-refractivity contribution < 1.29 is 14.6 Å². The number of nitrogens with one attached hydrogen (secondary N) is 1. The third-order valence-corrected chi connectivity index (χ3v) is 4.43. The van der Waals surface area contributed by atoms with E-state index in [0.29, 0.717) is 27.6 Å². The number of amides is 1. The average Bonchev–Trinajstić information content (AvgIpc) is 3.42. The van der Waals surface area contributed by atoms with E-state index in [1.807, 2.05) is 12.1 Å². The van der Waals surface area contributed by atoms with Crippen LogP contribution in [-0.4, -0.2) is 28.6 Å². The third kappa shape index (κ3) is 4.13. The summed E-state index contributed by atoms with van der Waals surface area (Å²) in [5.41, 5.74) is 1.75. The lowest BCUT2D eigenvalue weighted by molar-refractivity contribution is 0.0922. The zero-order chi connectivity index (χ0) is 17.1. The van der Waals surface area contributed by atoms with E-state index >= 15 is 0 Å². The standard InChI is InChI=1S/C18H19BrN2O3/c1-11(10-22)21-17(23)14-8-16(19)18(20-9-14)24-15-6-4-13(5-7-15)12-2-3-12/h4-9,11-12,22H,2-3,10H2,1H3,(H,21,23)/t11-/m1/s1. The molecule has 1 amide bonds. The molecule has 0 spiro atoms. The Bertz CT molecular complexity index is 730. The summed E-state index contributed by atoms with van der Waals surface area (Å²) in [6.07, 6.45) is 4.00. The minimum Gasteiger partial charge on any atom is -0.438 e. The molecule has 24 heavy (non-hydrogen) atoms. The van der Waals surface area contributed by atoms with Crippen molar-refractivity contribution in [2.45, 2.75) is 31.7 Å². The number of rotatable bonds is 6. The molecular weight excluding hydrogens is 372 g/mol. The van der Waals surface area contributed by atoms with Gasteiger partial charge in [0.05, 0.1) is 16.6 Å². The molecule has 126 valence electrons. The van der Waals surface area contributed by atoms with E-state index in [1.54, 1.807) is 13.0 Å². The summed E-state index contributed by atoms with van der Waals surface area (Å²) in [5, 5.41) is 11.7. The minimum atomic E-state index is -0.308. The van der Waals surface area contributed by atoms with Gasteiger partial charge in [-0.15, -0.1) is 0 Å². The summed E-state index contributed by atoms with van der Waals surface area (Å²) >= 11 is 3.39. The highest BCUT2D eigenvalue weighted by atomic mass is 79.9. The Morgan fingerprint density at radius 3 is 2.71 bits per heavy atom. The number of benzene rings is 1. The number of aliphatic hydroxyl groups is 1. The number of aromatic nitrogens is 1. The first-order valence-electron chi connectivity index (χ1n) is 7.92. The van der Waals surface area contributed by atoms with E-state index in [-0.39, 0.29) is 18.6 Å². The summed E-state index contributed by atoms with van der Waals surface area (Å²) in [6.45, 7) is 1.61. The van der Waals surface area contributed by atoms with Crippen LogP contribution in [0.25, 0.3) is 0 Å². The van der Waals surface area contributed by atoms with Crippen LogP contribution in [0.4, 0.5) is 0 Å². The Labute approximate surface area is 149 Å². The van der Waals surface area contributed by atoms with Gasteiger partial charge in [0, 0.05) is 12.2 Å². The van der Waals surface area contributed by atoms with E-state index in [0.717, 1.165) is 0 Å². The molecule has 2 aromatic rings. The van der Waals surface area contributed by atoms with Crippen LogP contribution in [0.2, 0.25) is 0 Å². The molecule has 6 heteroatoms. The number of hydrogen-bond donors (Lipinski definition) is 2. The molecule has 0 radical (unpaired) electrons. The van der Waals surface area contributed by atoms with Gasteiger partial charge in [-0.1, -0.05) is 12.1 Å². The summed E-state index contributed by atoms with van der Waals surface area (Å²) in [7, 11) is 0. The maximum absolute atomic E-state index is 12.0. The molecule has 1 aliphatic carbocycles. The Morgan fingerprint density at radius 2 is 2.12 bits per heavy atom. The smallest absolute Gasteiger partial charge is 0.253 e. The van der Waals surface area contributed by atoms with Crippen molar-refractivity contribution in [2.75, 3.05) is 6.61 Å². The minimum absolute atomic E-state index is 0.113. The molecule has 5 nitrogen and oxygen atoms in total. The van der Waals surface area contributed by atoms with Crippen molar-refractivity contribution in [3.63, 3.8) is 0 Å². The van der Waals surface area contributed by atoms with E-state index in [1.165, 1.54) is 24.6 Å². The van der Waals surface area contributed by atoms with Crippen LogP contribution in [0.5, 0.6) is 11.6 Å². The van der Waals surface area contributed by atoms with Crippen LogP contribution in [0, 0.1) is 0 Å². The van der Waals surface area contributed by atoms with Crippen molar-refractivity contribution in [3.05, 3.63) is 52.1 Å². The molecule has 1 aliphatic rings. The largest absolute Gasteiger partial charge is 0.438 e. The van der Waals surface area contributed by atoms with Crippen LogP contribution in [0.1, 0.15) is 41.6 Å². The molecule has 1 aromatic carbocycles. The van der Waals surface area contributed by atoms with Gasteiger partial charge in [0.1, 0.15) is 5.75 Å². The van der Waals surface area contributed by atoms with E-state index in [2.05, 4.69) is 38.4 Å². The normalized spacial score (nSPS) is 15.0. The number of ether oxygens (including phenoxy) is 1. The number of aliphatic hydroxyl groups excluding tert-OH is 1. The number of carbonyl (C=O) groups is 1. The lowest BCUT2D eigenvalue weighted by atomic mass is 10.1. The molecule has 2 N–H and O–H groups in total. The molecule has 0 saturated heterocycles. The van der Waals surface area contributed by atoms with Crippen LogP contribution in [0.15, 0.2) is 41.0 Å². The summed E-state index contributed by atoms with van der Waals surface area (Å²) in [5.74, 6) is 1.53. The lowest BCUT2D eigenvalue weighted by Gasteiger charge is -2.12. The van der Waals surface area contributed by atoms with Crippen molar-refractivity contribution in [3.8, 4) is 11.6 Å². The fourth-order valence-corrected chi connectivity index (χ4v) is 2.74. The van der Waals surface area contributed by atoms with Gasteiger partial charge >= 0.3 is 0 Å². The Kier molecular flexibility index (Phi) is 5.16. The van der Waals surface area contributed by atoms with Gasteiger partial charge in [0.2, 0.25) is 5.88 Å². The number of pyridine rings is 1. The van der Waals surface area contributed by atoms with Crippen LogP contribution >= 0.6 is 15.9 Å². The molecule has 0 bridgehead atoms. The molecule has 0 aliphatic heterocycles. The maximum Gasteiger partial charge on any atom is 0.253 e. The predicted molar refractivity (Wildman–Crippen MR) is 94.4 cm³/mol. The first-order chi connectivity index (χ1) is 11.6. The number of hydrogen-bond acceptors (Lipinski definition) is 4. The molecule has 1 fully saturated rings. The van der Waals surface area contributed by atoms with Gasteiger partial charge < -0.3 is 15.2 Å². The van der Waals surface area contributed by atoms with Gasteiger partial charge in [-0.25, -0.2) is 4.98 Å². The van der Waals surface area contributed by atoms with Crippen molar-refractivity contribution >= 4 is 21.8 Å². The van der Waals surface area contributed by atoms with Gasteiger partial charge in [-0.3, -0.25) is 4.79 Å². The highest BCUT2D eigenvalue weighted by Gasteiger charge is 2.23. The predicted octanol–water partition coefficient (Wildman–Crippen LogP) is 3.62. The summed E-state index contributed by atoms with van der Waals surface area (Å²) < 4.78 is 6.37. The van der Waals surface area contributed by atoms with Gasteiger partial charge in [-0.05, 0) is 65.4 Å². The van der Waals surface area contributed by atoms with E-state index in [9.17, 15) is 4.79 Å². The Hall–Kier alpha value is -1.92. The van der Waals surface area contributed by atoms with Crippen molar-refractivity contribution in [1.82, 2.24) is 10.3 Å². The first-order valence-corrected chi connectivity index (χ1v) is 8.71. The molecule has 0 unspecified atom stereocenters. The van der Waals surface area contributed by atoms with Crippen molar-refractivity contribution in [2.24, 2.45) is 0 Å². The second kappa shape index (κ2) is 7.32. The quantitative estimate of drug-likeness (QED) is 0.789. The molecule has 1 heterocycles. The van der Waals surface area contributed by atoms with Crippen LogP contribution < -0.4 is 10.1 Å². The van der Waals surface area contributed by atoms with Gasteiger partial charge in [0.25, 0.3) is 5.91 Å². The van der Waals surface area contributed by atoms with Crippen LogP contribution in [-0.2, 0) is 0 Å². The zero-order valence-electron chi connectivity index (χ0n) is 13.3. The zero-order valence-corrected chi connectivity index (χ0v) is 14.9. The van der Waals surface area contributed by atoms with Gasteiger partial charge in [-0.2, -0.15) is 0 Å². The fourth-order valence-electron chi connectivity index (χ4n) is 2.31. The van der Waals surface area contributed by atoms with Gasteiger partial charge in [0.15, 0.2) is 0 Å². The molecule has 3 rings (SSSR count). The second-order valence-electron chi connectivity index (χ2n) is 6.01. The SMILES string of the molecule is C[C@H](CO)NC(=O)c1cnc(Oc2ccc(C3CC3)cc2)c(Br)c1. The average molecular weight is 391 g/mol. The summed E-state index contributed by atoms with van der Waals surface area (Å²) in [6, 6.07) is 9.38. The maximum atomic E-state index is 12.0. The second-order valence-corrected chi connectivity index (χ2v) is 6.87. The van der Waals surface area contributed by atoms with E-state index < -0.39 is 0 Å². The van der Waals surface area contributed by atoms with Crippen LogP contribution in [0.3, 0.4) is 0 Å². The van der Waals surface area contributed by atoms with Crippen molar-refractivity contribution in [1.29, 1.82) is 0 Å². The fraction of sp³-hybridized carbons (Fsp3) is 0.333. The molecule has 1 saturated carbocycles. The first kappa shape index (κ1) is 16.9. The van der Waals surface area contributed by atoms with E-state index in [4.69, 9.17) is 9.84 Å². The molecule has 1 aromatic heterocycles. The number of halogens is 1. The number of nitrogens with zero attached hydrogens (tertiary/aromatic N) is 1. The number of carbonyl (C=O) groups excluding carboxylic acids is 1. The highest BCUT2D eigenvalue weighted by Crippen LogP contribution is 2.40. The lowest BCUT2D eigenvalue weighted by Crippen LogP contribution is -2.35. The Balaban J connectivity index is 1.68. The molecular formula is C18H19BrN2O3. The molecule has 1 atom stereocenters.